The maximum atomic E-state index is 9.43. The molecule has 2 N–H and O–H groups in total. The summed E-state index contributed by atoms with van der Waals surface area (Å²) in [6.45, 7) is 6.23. The van der Waals surface area contributed by atoms with Gasteiger partial charge in [-0.1, -0.05) is 38.1 Å². The molecule has 3 heteroatoms. The molecule has 0 aliphatic heterocycles. The number of hydrogen-bond donors (Lipinski definition) is 2. The zero-order valence-electron chi connectivity index (χ0n) is 10.8. The van der Waals surface area contributed by atoms with E-state index in [2.05, 4.69) is 43.0 Å². The molecule has 1 atom stereocenters. The number of hydrogen-bond acceptors (Lipinski definition) is 3. The average Bonchev–Trinajstić information content (AvgIpc) is 2.38. The van der Waals surface area contributed by atoms with E-state index >= 15 is 0 Å². The van der Waals surface area contributed by atoms with E-state index in [9.17, 15) is 5.11 Å². The van der Waals surface area contributed by atoms with Gasteiger partial charge in [-0.25, -0.2) is 0 Å². The van der Waals surface area contributed by atoms with E-state index in [0.29, 0.717) is 6.54 Å². The molecule has 3 nitrogen and oxygen atoms in total. The highest BCUT2D eigenvalue weighted by molar-refractivity contribution is 5.22. The Bertz CT molecular complexity index is 311. The van der Waals surface area contributed by atoms with E-state index < -0.39 is 6.10 Å². The van der Waals surface area contributed by atoms with Crippen LogP contribution in [0, 0.1) is 0 Å². The molecule has 0 fully saturated rings. The second-order valence-corrected chi connectivity index (χ2v) is 4.33. The predicted octanol–water partition coefficient (Wildman–Crippen LogP) is 1.42. The summed E-state index contributed by atoms with van der Waals surface area (Å²) in [5, 5.41) is 18.3. The molecule has 0 aliphatic carbocycles. The first kappa shape index (κ1) is 14.2. The number of aliphatic hydroxyl groups excluding tert-OH is 2. The first-order valence-corrected chi connectivity index (χ1v) is 6.28. The monoisotopic (exact) mass is 237 g/mol. The summed E-state index contributed by atoms with van der Waals surface area (Å²) in [6.07, 6.45) is 0.408. The fourth-order valence-electron chi connectivity index (χ4n) is 1.80. The quantitative estimate of drug-likeness (QED) is 0.754. The van der Waals surface area contributed by atoms with Crippen LogP contribution >= 0.6 is 0 Å². The number of benzene rings is 1. The fourth-order valence-corrected chi connectivity index (χ4v) is 1.80. The molecule has 0 amide bonds. The van der Waals surface area contributed by atoms with Gasteiger partial charge in [0.15, 0.2) is 0 Å². The van der Waals surface area contributed by atoms with Crippen LogP contribution in [0.15, 0.2) is 24.3 Å². The van der Waals surface area contributed by atoms with Crippen LogP contribution in [0.2, 0.25) is 0 Å². The highest BCUT2D eigenvalue weighted by Crippen LogP contribution is 2.08. The molecule has 0 saturated heterocycles. The molecule has 0 heterocycles. The van der Waals surface area contributed by atoms with Gasteiger partial charge in [-0.2, -0.15) is 0 Å². The van der Waals surface area contributed by atoms with Crippen LogP contribution in [0.5, 0.6) is 0 Å². The molecule has 1 rings (SSSR count). The standard InChI is InChI=1S/C14H23NO2/c1-3-12-5-7-13(8-6-12)9-15(4-2)10-14(17)11-16/h5-8,14,16-17H,3-4,9-11H2,1-2H3/t14-/m1/s1. The Hall–Kier alpha value is -0.900. The Morgan fingerprint density at radius 2 is 1.71 bits per heavy atom. The van der Waals surface area contributed by atoms with E-state index in [0.717, 1.165) is 19.5 Å². The molecule has 0 aliphatic rings. The van der Waals surface area contributed by atoms with Gasteiger partial charge in [0.1, 0.15) is 0 Å². The van der Waals surface area contributed by atoms with Crippen molar-refractivity contribution in [1.29, 1.82) is 0 Å². The predicted molar refractivity (Wildman–Crippen MR) is 69.9 cm³/mol. The summed E-state index contributed by atoms with van der Waals surface area (Å²) < 4.78 is 0. The Morgan fingerprint density at radius 3 is 2.18 bits per heavy atom. The molecule has 0 aromatic heterocycles. The lowest BCUT2D eigenvalue weighted by molar-refractivity contribution is 0.0584. The maximum absolute atomic E-state index is 9.43. The molecule has 0 unspecified atom stereocenters. The van der Waals surface area contributed by atoms with Crippen molar-refractivity contribution in [3.05, 3.63) is 35.4 Å². The second kappa shape index (κ2) is 7.43. The van der Waals surface area contributed by atoms with Gasteiger partial charge in [-0.15, -0.1) is 0 Å². The number of nitrogens with zero attached hydrogens (tertiary/aromatic N) is 1. The van der Waals surface area contributed by atoms with Gasteiger partial charge in [0, 0.05) is 13.1 Å². The molecular formula is C14H23NO2. The van der Waals surface area contributed by atoms with Crippen LogP contribution in [0.4, 0.5) is 0 Å². The Kier molecular flexibility index (Phi) is 6.19. The molecule has 0 radical (unpaired) electrons. The minimum atomic E-state index is -0.648. The molecule has 1 aromatic carbocycles. The second-order valence-electron chi connectivity index (χ2n) is 4.33. The summed E-state index contributed by atoms with van der Waals surface area (Å²) >= 11 is 0. The van der Waals surface area contributed by atoms with Crippen molar-refractivity contribution >= 4 is 0 Å². The van der Waals surface area contributed by atoms with Crippen LogP contribution in [0.1, 0.15) is 25.0 Å². The third-order valence-electron chi connectivity index (χ3n) is 2.96. The Labute approximate surface area is 104 Å². The number of aryl methyl sites for hydroxylation is 1. The molecular weight excluding hydrogens is 214 g/mol. The van der Waals surface area contributed by atoms with Gasteiger partial charge in [0.25, 0.3) is 0 Å². The average molecular weight is 237 g/mol. The van der Waals surface area contributed by atoms with Gasteiger partial charge in [0.2, 0.25) is 0 Å². The largest absolute Gasteiger partial charge is 0.394 e. The molecule has 96 valence electrons. The Morgan fingerprint density at radius 1 is 1.12 bits per heavy atom. The topological polar surface area (TPSA) is 43.7 Å². The van der Waals surface area contributed by atoms with Gasteiger partial charge in [0.05, 0.1) is 12.7 Å². The minimum absolute atomic E-state index is 0.175. The Balaban J connectivity index is 2.54. The summed E-state index contributed by atoms with van der Waals surface area (Å²) in [7, 11) is 0. The summed E-state index contributed by atoms with van der Waals surface area (Å²) in [5.41, 5.74) is 2.58. The zero-order chi connectivity index (χ0) is 12.7. The third-order valence-corrected chi connectivity index (χ3v) is 2.96. The van der Waals surface area contributed by atoms with Crippen molar-refractivity contribution in [2.75, 3.05) is 19.7 Å². The first-order valence-electron chi connectivity index (χ1n) is 6.28. The van der Waals surface area contributed by atoms with Crippen molar-refractivity contribution in [3.8, 4) is 0 Å². The van der Waals surface area contributed by atoms with Crippen LogP contribution in [-0.4, -0.2) is 40.9 Å². The highest BCUT2D eigenvalue weighted by Gasteiger charge is 2.09. The molecule has 0 saturated carbocycles. The van der Waals surface area contributed by atoms with Crippen LogP contribution in [0.3, 0.4) is 0 Å². The van der Waals surface area contributed by atoms with Gasteiger partial charge in [-0.05, 0) is 24.1 Å². The van der Waals surface area contributed by atoms with Crippen LogP contribution in [0.25, 0.3) is 0 Å². The van der Waals surface area contributed by atoms with E-state index in [1.165, 1.54) is 11.1 Å². The smallest absolute Gasteiger partial charge is 0.0897 e. The van der Waals surface area contributed by atoms with Crippen molar-refractivity contribution in [2.24, 2.45) is 0 Å². The van der Waals surface area contributed by atoms with Gasteiger partial charge < -0.3 is 10.2 Å². The highest BCUT2D eigenvalue weighted by atomic mass is 16.3. The van der Waals surface area contributed by atoms with Crippen LogP contribution < -0.4 is 0 Å². The van der Waals surface area contributed by atoms with E-state index in [1.807, 2.05) is 0 Å². The number of aliphatic hydroxyl groups is 2. The fraction of sp³-hybridized carbons (Fsp3) is 0.571. The summed E-state index contributed by atoms with van der Waals surface area (Å²) in [6, 6.07) is 8.55. The van der Waals surface area contributed by atoms with E-state index in [-0.39, 0.29) is 6.61 Å². The van der Waals surface area contributed by atoms with Crippen molar-refractivity contribution < 1.29 is 10.2 Å². The first-order chi connectivity index (χ1) is 8.19. The number of likely N-dealkylation sites (N-methyl/N-ethyl adjacent to an activating group) is 1. The minimum Gasteiger partial charge on any atom is -0.394 e. The van der Waals surface area contributed by atoms with Crippen LogP contribution in [-0.2, 0) is 13.0 Å². The molecule has 1 aromatic rings. The summed E-state index contributed by atoms with van der Waals surface area (Å²) in [4.78, 5) is 2.13. The van der Waals surface area contributed by atoms with E-state index in [4.69, 9.17) is 5.11 Å². The zero-order valence-corrected chi connectivity index (χ0v) is 10.8. The molecule has 17 heavy (non-hydrogen) atoms. The summed E-state index contributed by atoms with van der Waals surface area (Å²) in [5.74, 6) is 0. The lowest BCUT2D eigenvalue weighted by Crippen LogP contribution is -2.33. The van der Waals surface area contributed by atoms with Crippen molar-refractivity contribution in [3.63, 3.8) is 0 Å². The van der Waals surface area contributed by atoms with Crippen molar-refractivity contribution in [1.82, 2.24) is 4.90 Å². The van der Waals surface area contributed by atoms with E-state index in [1.54, 1.807) is 0 Å². The lowest BCUT2D eigenvalue weighted by atomic mass is 10.1. The van der Waals surface area contributed by atoms with Gasteiger partial charge in [-0.3, -0.25) is 4.90 Å². The maximum Gasteiger partial charge on any atom is 0.0897 e. The molecule has 0 bridgehead atoms. The molecule has 0 spiro atoms. The SMILES string of the molecule is CCc1ccc(CN(CC)C[C@@H](O)CO)cc1. The van der Waals surface area contributed by atoms with Gasteiger partial charge >= 0.3 is 0 Å². The number of rotatable bonds is 7. The third kappa shape index (κ3) is 4.86. The lowest BCUT2D eigenvalue weighted by Gasteiger charge is -2.22. The normalized spacial score (nSPS) is 13.0. The van der Waals surface area contributed by atoms with Crippen molar-refractivity contribution in [2.45, 2.75) is 32.9 Å².